The predicted molar refractivity (Wildman–Crippen MR) is 77.5 cm³/mol. The van der Waals surface area contributed by atoms with Crippen molar-refractivity contribution in [2.24, 2.45) is 0 Å². The van der Waals surface area contributed by atoms with Gasteiger partial charge in [-0.3, -0.25) is 9.59 Å². The summed E-state index contributed by atoms with van der Waals surface area (Å²) in [6.45, 7) is 1.69. The summed E-state index contributed by atoms with van der Waals surface area (Å²) in [5, 5.41) is 13.4. The fraction of sp³-hybridized carbons (Fsp3) is 0.214. The van der Waals surface area contributed by atoms with Crippen molar-refractivity contribution in [1.82, 2.24) is 9.78 Å². The Morgan fingerprint density at radius 1 is 1.43 bits per heavy atom. The summed E-state index contributed by atoms with van der Waals surface area (Å²) in [4.78, 5) is 22.6. The molecular formula is C14H13ClN2O4. The molecule has 0 saturated heterocycles. The average molecular weight is 309 g/mol. The van der Waals surface area contributed by atoms with Crippen LogP contribution in [0.3, 0.4) is 0 Å². The second kappa shape index (κ2) is 5.97. The van der Waals surface area contributed by atoms with Gasteiger partial charge >= 0.3 is 5.97 Å². The zero-order valence-corrected chi connectivity index (χ0v) is 12.2. The van der Waals surface area contributed by atoms with Crippen molar-refractivity contribution in [1.29, 1.82) is 0 Å². The SMILES string of the molecule is COc1ccc(Cl)cc1-n1nc(CC(=O)O)c(=O)cc1C. The van der Waals surface area contributed by atoms with Crippen LogP contribution in [0.15, 0.2) is 29.1 Å². The van der Waals surface area contributed by atoms with E-state index in [4.69, 9.17) is 21.4 Å². The van der Waals surface area contributed by atoms with Crippen LogP contribution in [0.2, 0.25) is 5.02 Å². The smallest absolute Gasteiger partial charge is 0.309 e. The Balaban J connectivity index is 2.66. The molecule has 0 aliphatic carbocycles. The Kier molecular flexibility index (Phi) is 4.28. The third-order valence-corrected chi connectivity index (χ3v) is 3.10. The van der Waals surface area contributed by atoms with Crippen LogP contribution in [0.1, 0.15) is 11.4 Å². The van der Waals surface area contributed by atoms with Gasteiger partial charge < -0.3 is 9.84 Å². The lowest BCUT2D eigenvalue weighted by Crippen LogP contribution is -2.21. The maximum Gasteiger partial charge on any atom is 0.309 e. The van der Waals surface area contributed by atoms with Crippen LogP contribution in [-0.2, 0) is 11.2 Å². The molecule has 0 amide bonds. The molecule has 0 aliphatic rings. The summed E-state index contributed by atoms with van der Waals surface area (Å²) in [6.07, 6.45) is -0.442. The molecule has 1 aromatic heterocycles. The van der Waals surface area contributed by atoms with E-state index in [1.54, 1.807) is 25.1 Å². The number of aliphatic carboxylic acids is 1. The number of halogens is 1. The van der Waals surface area contributed by atoms with E-state index in [2.05, 4.69) is 5.10 Å². The number of ether oxygens (including phenoxy) is 1. The molecule has 1 N–H and O–H groups in total. The molecule has 2 aromatic rings. The highest BCUT2D eigenvalue weighted by atomic mass is 35.5. The van der Waals surface area contributed by atoms with Crippen molar-refractivity contribution >= 4 is 17.6 Å². The first-order valence-electron chi connectivity index (χ1n) is 6.08. The number of carboxylic acid groups (broad SMARTS) is 1. The summed E-state index contributed by atoms with van der Waals surface area (Å²) in [6, 6.07) is 6.31. The number of benzene rings is 1. The molecule has 0 aliphatic heterocycles. The van der Waals surface area contributed by atoms with Gasteiger partial charge in [-0.1, -0.05) is 11.6 Å². The highest BCUT2D eigenvalue weighted by molar-refractivity contribution is 6.30. The van der Waals surface area contributed by atoms with E-state index in [1.807, 2.05) is 0 Å². The number of hydrogen-bond acceptors (Lipinski definition) is 4. The van der Waals surface area contributed by atoms with E-state index in [1.165, 1.54) is 17.9 Å². The monoisotopic (exact) mass is 308 g/mol. The van der Waals surface area contributed by atoms with Crippen LogP contribution in [0.5, 0.6) is 5.75 Å². The first-order chi connectivity index (χ1) is 9.92. The molecule has 0 fully saturated rings. The molecule has 0 bridgehead atoms. The first kappa shape index (κ1) is 15.1. The lowest BCUT2D eigenvalue weighted by molar-refractivity contribution is -0.136. The van der Waals surface area contributed by atoms with Gasteiger partial charge in [0.15, 0.2) is 0 Å². The Morgan fingerprint density at radius 2 is 2.14 bits per heavy atom. The molecule has 1 heterocycles. The quantitative estimate of drug-likeness (QED) is 0.932. The molecule has 7 heteroatoms. The van der Waals surface area contributed by atoms with Crippen molar-refractivity contribution in [3.05, 3.63) is 50.9 Å². The third-order valence-electron chi connectivity index (χ3n) is 2.87. The molecule has 2 rings (SSSR count). The van der Waals surface area contributed by atoms with Crippen LogP contribution in [-0.4, -0.2) is 28.0 Å². The molecule has 0 atom stereocenters. The maximum absolute atomic E-state index is 11.8. The molecule has 110 valence electrons. The zero-order valence-electron chi connectivity index (χ0n) is 11.5. The van der Waals surface area contributed by atoms with Crippen LogP contribution < -0.4 is 10.2 Å². The number of carbonyl (C=O) groups is 1. The number of carboxylic acids is 1. The number of aromatic nitrogens is 2. The molecule has 0 radical (unpaired) electrons. The van der Waals surface area contributed by atoms with Crippen LogP contribution in [0, 0.1) is 6.92 Å². The molecule has 1 aromatic carbocycles. The lowest BCUT2D eigenvalue weighted by Gasteiger charge is -2.14. The second-order valence-corrected chi connectivity index (χ2v) is 4.83. The second-order valence-electron chi connectivity index (χ2n) is 4.40. The molecule has 0 spiro atoms. The van der Waals surface area contributed by atoms with E-state index in [-0.39, 0.29) is 5.69 Å². The molecule has 6 nitrogen and oxygen atoms in total. The van der Waals surface area contributed by atoms with Gasteiger partial charge in [-0.15, -0.1) is 0 Å². The van der Waals surface area contributed by atoms with E-state index in [0.29, 0.717) is 22.2 Å². The van der Waals surface area contributed by atoms with E-state index in [0.717, 1.165) is 0 Å². The van der Waals surface area contributed by atoms with Crippen LogP contribution in [0.4, 0.5) is 0 Å². The summed E-state index contributed by atoms with van der Waals surface area (Å²) < 4.78 is 6.70. The number of aryl methyl sites for hydroxylation is 1. The minimum atomic E-state index is -1.12. The van der Waals surface area contributed by atoms with Crippen molar-refractivity contribution < 1.29 is 14.6 Å². The van der Waals surface area contributed by atoms with Crippen LogP contribution in [0.25, 0.3) is 5.69 Å². The molecular weight excluding hydrogens is 296 g/mol. The third kappa shape index (κ3) is 3.22. The lowest BCUT2D eigenvalue weighted by atomic mass is 10.2. The fourth-order valence-corrected chi connectivity index (χ4v) is 2.09. The topological polar surface area (TPSA) is 81.4 Å². The minimum Gasteiger partial charge on any atom is -0.494 e. The van der Waals surface area contributed by atoms with Crippen molar-refractivity contribution in [2.75, 3.05) is 7.11 Å². The zero-order chi connectivity index (χ0) is 15.6. The van der Waals surface area contributed by atoms with E-state index in [9.17, 15) is 9.59 Å². The Labute approximate surface area is 125 Å². The number of rotatable bonds is 4. The Bertz CT molecular complexity index is 755. The number of nitrogens with zero attached hydrogens (tertiary/aromatic N) is 2. The normalized spacial score (nSPS) is 10.4. The fourth-order valence-electron chi connectivity index (χ4n) is 1.92. The average Bonchev–Trinajstić information content (AvgIpc) is 2.41. The maximum atomic E-state index is 11.8. The summed E-state index contributed by atoms with van der Waals surface area (Å²) in [5.41, 5.74) is 0.631. The van der Waals surface area contributed by atoms with Crippen molar-refractivity contribution in [3.63, 3.8) is 0 Å². The highest BCUT2D eigenvalue weighted by Crippen LogP contribution is 2.26. The van der Waals surface area contributed by atoms with Crippen LogP contribution >= 0.6 is 11.6 Å². The van der Waals surface area contributed by atoms with Gasteiger partial charge in [0.25, 0.3) is 0 Å². The van der Waals surface area contributed by atoms with Gasteiger partial charge in [-0.05, 0) is 25.1 Å². The molecule has 0 saturated carbocycles. The Hall–Kier alpha value is -2.34. The Morgan fingerprint density at radius 3 is 2.76 bits per heavy atom. The van der Waals surface area contributed by atoms with Gasteiger partial charge in [0.05, 0.1) is 13.5 Å². The highest BCUT2D eigenvalue weighted by Gasteiger charge is 2.14. The number of methoxy groups -OCH3 is 1. The number of hydrogen-bond donors (Lipinski definition) is 1. The van der Waals surface area contributed by atoms with Gasteiger partial charge in [0, 0.05) is 16.8 Å². The first-order valence-corrected chi connectivity index (χ1v) is 6.45. The summed E-state index contributed by atoms with van der Waals surface area (Å²) in [5.74, 6) is -0.604. The van der Waals surface area contributed by atoms with Gasteiger partial charge in [-0.25, -0.2) is 4.68 Å². The van der Waals surface area contributed by atoms with E-state index >= 15 is 0 Å². The predicted octanol–water partition coefficient (Wildman–Crippen LogP) is 1.83. The van der Waals surface area contributed by atoms with Crippen molar-refractivity contribution in [2.45, 2.75) is 13.3 Å². The van der Waals surface area contributed by atoms with Gasteiger partial charge in [-0.2, -0.15) is 5.10 Å². The summed E-state index contributed by atoms with van der Waals surface area (Å²) in [7, 11) is 1.50. The molecule has 21 heavy (non-hydrogen) atoms. The minimum absolute atomic E-state index is 0.0462. The van der Waals surface area contributed by atoms with Gasteiger partial charge in [0.1, 0.15) is 17.1 Å². The standard InChI is InChI=1S/C14H13ClN2O4/c1-8-5-12(18)10(7-14(19)20)16-17(8)11-6-9(15)3-4-13(11)21-2/h3-6H,7H2,1-2H3,(H,19,20). The summed E-state index contributed by atoms with van der Waals surface area (Å²) >= 11 is 5.98. The molecule has 0 unspecified atom stereocenters. The van der Waals surface area contributed by atoms with Crippen molar-refractivity contribution in [3.8, 4) is 11.4 Å². The van der Waals surface area contributed by atoms with Gasteiger partial charge in [0.2, 0.25) is 5.43 Å². The van der Waals surface area contributed by atoms with E-state index < -0.39 is 17.8 Å². The largest absolute Gasteiger partial charge is 0.494 e.